The largest absolute Gasteiger partial charge is 0.299 e. The lowest BCUT2D eigenvalue weighted by Gasteiger charge is -2.07. The molecule has 152 valence electrons. The first-order valence-corrected chi connectivity index (χ1v) is 8.72. The van der Waals surface area contributed by atoms with Gasteiger partial charge in [-0.3, -0.25) is 9.67 Å². The molecule has 5 aromatic rings. The maximum absolute atomic E-state index is 13.3. The Morgan fingerprint density at radius 2 is 1.40 bits per heavy atom. The smallest absolute Gasteiger partial charge is 0.123 e. The van der Waals surface area contributed by atoms with Crippen molar-refractivity contribution in [1.82, 2.24) is 19.7 Å². The first-order chi connectivity index (χ1) is 13.7. The molecule has 3 aromatic carbocycles. The standard InChI is InChI=1S/C22H14F2N4.2ClH/c23-16-4-1-14(2-5-16)22-19(12-26-27-22)15-3-10-20-21(11-15)28(13-25-20)18-8-6-17(24)7-9-18;;/h1-13H,(H,26,27);2*1H. The Bertz CT molecular complexity index is 1280. The molecule has 0 fully saturated rings. The minimum Gasteiger partial charge on any atom is -0.299 e. The van der Waals surface area contributed by atoms with E-state index in [0.29, 0.717) is 0 Å². The fraction of sp³-hybridized carbons (Fsp3) is 0. The molecule has 0 unspecified atom stereocenters. The number of halogens is 4. The van der Waals surface area contributed by atoms with Crippen LogP contribution in [0.25, 0.3) is 39.1 Å². The number of H-pyrrole nitrogens is 1. The summed E-state index contributed by atoms with van der Waals surface area (Å²) < 4.78 is 28.4. The number of benzene rings is 3. The molecule has 0 aliphatic carbocycles. The average molecular weight is 445 g/mol. The van der Waals surface area contributed by atoms with Crippen molar-refractivity contribution in [3.05, 3.63) is 90.9 Å². The molecule has 0 amide bonds. The number of imidazole rings is 1. The normalized spacial score (nSPS) is 10.5. The zero-order valence-corrected chi connectivity index (χ0v) is 17.1. The number of hydrogen-bond acceptors (Lipinski definition) is 2. The van der Waals surface area contributed by atoms with Crippen LogP contribution in [0, 0.1) is 11.6 Å². The van der Waals surface area contributed by atoms with Crippen LogP contribution in [0.1, 0.15) is 0 Å². The summed E-state index contributed by atoms with van der Waals surface area (Å²) in [6.45, 7) is 0. The van der Waals surface area contributed by atoms with E-state index in [9.17, 15) is 8.78 Å². The molecule has 2 aromatic heterocycles. The summed E-state index contributed by atoms with van der Waals surface area (Å²) in [4.78, 5) is 4.43. The van der Waals surface area contributed by atoms with Crippen LogP contribution in [0.4, 0.5) is 8.78 Å². The van der Waals surface area contributed by atoms with E-state index in [-0.39, 0.29) is 36.4 Å². The minimum absolute atomic E-state index is 0. The fourth-order valence-electron chi connectivity index (χ4n) is 3.32. The van der Waals surface area contributed by atoms with Gasteiger partial charge in [0.1, 0.15) is 18.0 Å². The third-order valence-corrected chi connectivity index (χ3v) is 4.74. The van der Waals surface area contributed by atoms with Gasteiger partial charge in [-0.2, -0.15) is 5.10 Å². The molecule has 0 bridgehead atoms. The van der Waals surface area contributed by atoms with E-state index >= 15 is 0 Å². The molecule has 0 atom stereocenters. The molecule has 30 heavy (non-hydrogen) atoms. The quantitative estimate of drug-likeness (QED) is 0.359. The predicted molar refractivity (Wildman–Crippen MR) is 118 cm³/mol. The number of nitrogens with one attached hydrogen (secondary N) is 1. The number of aromatic nitrogens is 4. The van der Waals surface area contributed by atoms with Crippen LogP contribution in [-0.2, 0) is 0 Å². The van der Waals surface area contributed by atoms with E-state index in [1.165, 1.54) is 24.3 Å². The lowest BCUT2D eigenvalue weighted by atomic mass is 10.0. The summed E-state index contributed by atoms with van der Waals surface area (Å²) in [5, 5.41) is 7.17. The van der Waals surface area contributed by atoms with Crippen LogP contribution in [0.15, 0.2) is 79.3 Å². The Hall–Kier alpha value is -3.22. The van der Waals surface area contributed by atoms with Gasteiger partial charge >= 0.3 is 0 Å². The Labute approximate surface area is 183 Å². The average Bonchev–Trinajstić information content (AvgIpc) is 3.36. The van der Waals surface area contributed by atoms with Crippen LogP contribution in [0.5, 0.6) is 0 Å². The second-order valence-electron chi connectivity index (χ2n) is 6.46. The van der Waals surface area contributed by atoms with Gasteiger partial charge in [0.25, 0.3) is 0 Å². The summed E-state index contributed by atoms with van der Waals surface area (Å²) in [5.74, 6) is -0.564. The van der Waals surface area contributed by atoms with E-state index in [1.54, 1.807) is 36.8 Å². The van der Waals surface area contributed by atoms with Crippen LogP contribution >= 0.6 is 24.8 Å². The topological polar surface area (TPSA) is 46.5 Å². The van der Waals surface area contributed by atoms with Crippen molar-refractivity contribution in [1.29, 1.82) is 0 Å². The fourth-order valence-corrected chi connectivity index (χ4v) is 3.32. The Kier molecular flexibility index (Phi) is 6.20. The summed E-state index contributed by atoms with van der Waals surface area (Å²) in [6.07, 6.45) is 3.47. The minimum atomic E-state index is -0.283. The van der Waals surface area contributed by atoms with Crippen LogP contribution in [0.2, 0.25) is 0 Å². The molecule has 0 aliphatic heterocycles. The van der Waals surface area contributed by atoms with E-state index in [4.69, 9.17) is 0 Å². The van der Waals surface area contributed by atoms with Crippen molar-refractivity contribution in [3.8, 4) is 28.1 Å². The van der Waals surface area contributed by atoms with Crippen molar-refractivity contribution >= 4 is 35.8 Å². The summed E-state index contributed by atoms with van der Waals surface area (Å²) in [5.41, 5.74) is 6.07. The number of nitrogens with zero attached hydrogens (tertiary/aromatic N) is 3. The SMILES string of the molecule is Cl.Cl.Fc1ccc(-c2[nH]ncc2-c2ccc3ncn(-c4ccc(F)cc4)c3c2)cc1. The highest BCUT2D eigenvalue weighted by Crippen LogP contribution is 2.32. The number of hydrogen-bond donors (Lipinski definition) is 1. The van der Waals surface area contributed by atoms with Gasteiger partial charge in [-0.05, 0) is 66.2 Å². The summed E-state index contributed by atoms with van der Waals surface area (Å²) in [7, 11) is 0. The summed E-state index contributed by atoms with van der Waals surface area (Å²) in [6, 6.07) is 18.5. The van der Waals surface area contributed by atoms with Crippen LogP contribution < -0.4 is 0 Å². The van der Waals surface area contributed by atoms with E-state index in [1.807, 2.05) is 22.8 Å². The molecule has 0 radical (unpaired) electrons. The molecule has 4 nitrogen and oxygen atoms in total. The zero-order valence-electron chi connectivity index (χ0n) is 15.4. The number of fused-ring (bicyclic) bond motifs is 1. The monoisotopic (exact) mass is 444 g/mol. The van der Waals surface area contributed by atoms with Gasteiger partial charge in [0.15, 0.2) is 0 Å². The van der Waals surface area contributed by atoms with Crippen molar-refractivity contribution in [2.24, 2.45) is 0 Å². The van der Waals surface area contributed by atoms with Gasteiger partial charge in [-0.25, -0.2) is 13.8 Å². The first-order valence-electron chi connectivity index (χ1n) is 8.72. The third-order valence-electron chi connectivity index (χ3n) is 4.74. The molecule has 2 heterocycles. The van der Waals surface area contributed by atoms with E-state index in [0.717, 1.165) is 39.1 Å². The highest BCUT2D eigenvalue weighted by atomic mass is 35.5. The highest BCUT2D eigenvalue weighted by molar-refractivity contribution is 5.87. The predicted octanol–water partition coefficient (Wildman–Crippen LogP) is 6.20. The number of rotatable bonds is 3. The molecule has 5 rings (SSSR count). The van der Waals surface area contributed by atoms with Gasteiger partial charge < -0.3 is 0 Å². The van der Waals surface area contributed by atoms with Crippen molar-refractivity contribution < 1.29 is 8.78 Å². The van der Waals surface area contributed by atoms with Gasteiger partial charge in [0, 0.05) is 16.8 Å². The van der Waals surface area contributed by atoms with Crippen molar-refractivity contribution in [2.75, 3.05) is 0 Å². The van der Waals surface area contributed by atoms with Crippen molar-refractivity contribution in [3.63, 3.8) is 0 Å². The summed E-state index contributed by atoms with van der Waals surface area (Å²) >= 11 is 0. The molecular formula is C22H16Cl2F2N4. The number of aromatic amines is 1. The lowest BCUT2D eigenvalue weighted by Crippen LogP contribution is -1.92. The van der Waals surface area contributed by atoms with Crippen LogP contribution in [0.3, 0.4) is 0 Å². The Balaban J connectivity index is 0.00000128. The molecule has 1 N–H and O–H groups in total. The van der Waals surface area contributed by atoms with Gasteiger partial charge in [0.05, 0.1) is 22.9 Å². The lowest BCUT2D eigenvalue weighted by molar-refractivity contribution is 0.627. The highest BCUT2D eigenvalue weighted by Gasteiger charge is 2.13. The van der Waals surface area contributed by atoms with Crippen LogP contribution in [-0.4, -0.2) is 19.7 Å². The molecule has 0 saturated heterocycles. The Morgan fingerprint density at radius 3 is 2.10 bits per heavy atom. The second-order valence-corrected chi connectivity index (χ2v) is 6.46. The molecule has 0 saturated carbocycles. The molecular weight excluding hydrogens is 429 g/mol. The van der Waals surface area contributed by atoms with E-state index in [2.05, 4.69) is 15.2 Å². The third kappa shape index (κ3) is 3.79. The maximum atomic E-state index is 13.3. The maximum Gasteiger partial charge on any atom is 0.123 e. The second kappa shape index (κ2) is 8.65. The van der Waals surface area contributed by atoms with Gasteiger partial charge in [0.2, 0.25) is 0 Å². The molecule has 8 heteroatoms. The molecule has 0 aliphatic rings. The van der Waals surface area contributed by atoms with Crippen molar-refractivity contribution in [2.45, 2.75) is 0 Å². The Morgan fingerprint density at radius 1 is 0.767 bits per heavy atom. The molecule has 0 spiro atoms. The van der Waals surface area contributed by atoms with E-state index < -0.39 is 0 Å². The van der Waals surface area contributed by atoms with Gasteiger partial charge in [-0.15, -0.1) is 24.8 Å². The van der Waals surface area contributed by atoms with Gasteiger partial charge in [-0.1, -0.05) is 6.07 Å². The first kappa shape index (κ1) is 21.5. The zero-order chi connectivity index (χ0) is 19.1.